The predicted octanol–water partition coefficient (Wildman–Crippen LogP) is 1.24. The van der Waals surface area contributed by atoms with Crippen LogP contribution >= 0.6 is 11.6 Å². The lowest BCUT2D eigenvalue weighted by atomic mass is 10.2. The highest BCUT2D eigenvalue weighted by molar-refractivity contribution is 6.31. The first kappa shape index (κ1) is 11.5. The van der Waals surface area contributed by atoms with Crippen molar-refractivity contribution in [1.29, 1.82) is 0 Å². The number of nitrogens with one attached hydrogen (secondary N) is 1. The van der Waals surface area contributed by atoms with E-state index >= 15 is 0 Å². The number of likely N-dealkylation sites (N-methyl/N-ethyl adjacent to an activating group) is 1. The Morgan fingerprint density at radius 3 is 2.79 bits per heavy atom. The van der Waals surface area contributed by atoms with Crippen molar-refractivity contribution in [2.45, 2.75) is 6.54 Å². The van der Waals surface area contributed by atoms with Crippen molar-refractivity contribution >= 4 is 11.6 Å². The van der Waals surface area contributed by atoms with Gasteiger partial charge in [-0.15, -0.1) is 0 Å². The van der Waals surface area contributed by atoms with Crippen LogP contribution < -0.4 is 11.3 Å². The third kappa shape index (κ3) is 3.64. The first-order valence-corrected chi connectivity index (χ1v) is 4.97. The highest BCUT2D eigenvalue weighted by Gasteiger charge is 2.02. The van der Waals surface area contributed by atoms with Crippen LogP contribution in [0.3, 0.4) is 0 Å². The lowest BCUT2D eigenvalue weighted by molar-refractivity contribution is 0.325. The van der Waals surface area contributed by atoms with Crippen LogP contribution in [-0.2, 0) is 6.54 Å². The smallest absolute Gasteiger partial charge is 0.0451 e. The lowest BCUT2D eigenvalue weighted by Gasteiger charge is -2.16. The number of halogens is 1. The van der Waals surface area contributed by atoms with Gasteiger partial charge >= 0.3 is 0 Å². The van der Waals surface area contributed by atoms with Crippen LogP contribution in [0.25, 0.3) is 0 Å². The Bertz CT molecular complexity index is 278. The summed E-state index contributed by atoms with van der Waals surface area (Å²) in [6.07, 6.45) is 0. The summed E-state index contributed by atoms with van der Waals surface area (Å²) in [4.78, 5) is 2.17. The largest absolute Gasteiger partial charge is 0.301 e. The van der Waals surface area contributed by atoms with Gasteiger partial charge in [-0.1, -0.05) is 29.8 Å². The second kappa shape index (κ2) is 5.98. The van der Waals surface area contributed by atoms with Crippen molar-refractivity contribution in [3.63, 3.8) is 0 Å². The van der Waals surface area contributed by atoms with Crippen molar-refractivity contribution in [2.75, 3.05) is 20.1 Å². The summed E-state index contributed by atoms with van der Waals surface area (Å²) in [6.45, 7) is 2.53. The zero-order valence-corrected chi connectivity index (χ0v) is 9.09. The van der Waals surface area contributed by atoms with E-state index in [-0.39, 0.29) is 0 Å². The summed E-state index contributed by atoms with van der Waals surface area (Å²) in [5, 5.41) is 0.819. The standard InChI is InChI=1S/C10H16ClN3/c1-14(7-6-13-12)8-9-4-2-3-5-10(9)11/h2-5,13H,6-8,12H2,1H3. The molecule has 1 rings (SSSR count). The van der Waals surface area contributed by atoms with Crippen LogP contribution in [0.2, 0.25) is 5.02 Å². The topological polar surface area (TPSA) is 41.3 Å². The molecule has 0 saturated heterocycles. The molecule has 0 fully saturated rings. The molecule has 3 nitrogen and oxygen atoms in total. The van der Waals surface area contributed by atoms with Gasteiger partial charge in [0.1, 0.15) is 0 Å². The first-order chi connectivity index (χ1) is 6.74. The third-order valence-corrected chi connectivity index (χ3v) is 2.40. The molecule has 0 amide bonds. The van der Waals surface area contributed by atoms with Gasteiger partial charge in [-0.25, -0.2) is 0 Å². The van der Waals surface area contributed by atoms with E-state index in [1.807, 2.05) is 31.3 Å². The normalized spacial score (nSPS) is 10.9. The van der Waals surface area contributed by atoms with E-state index < -0.39 is 0 Å². The van der Waals surface area contributed by atoms with Gasteiger partial charge in [-0.2, -0.15) is 0 Å². The van der Waals surface area contributed by atoms with E-state index in [2.05, 4.69) is 10.3 Å². The molecule has 0 aliphatic rings. The quantitative estimate of drug-likeness (QED) is 0.571. The molecule has 1 aromatic carbocycles. The maximum atomic E-state index is 6.04. The van der Waals surface area contributed by atoms with Crippen LogP contribution in [0.4, 0.5) is 0 Å². The van der Waals surface area contributed by atoms with Crippen molar-refractivity contribution in [2.24, 2.45) is 5.84 Å². The molecule has 0 aliphatic carbocycles. The summed E-state index contributed by atoms with van der Waals surface area (Å²) in [5.41, 5.74) is 3.77. The van der Waals surface area contributed by atoms with E-state index in [4.69, 9.17) is 17.4 Å². The van der Waals surface area contributed by atoms with E-state index in [9.17, 15) is 0 Å². The van der Waals surface area contributed by atoms with E-state index in [0.29, 0.717) is 0 Å². The molecule has 0 heterocycles. The zero-order valence-electron chi connectivity index (χ0n) is 8.33. The fourth-order valence-corrected chi connectivity index (χ4v) is 1.45. The van der Waals surface area contributed by atoms with Crippen molar-refractivity contribution in [1.82, 2.24) is 10.3 Å². The molecule has 78 valence electrons. The fraction of sp³-hybridized carbons (Fsp3) is 0.400. The molecule has 0 atom stereocenters. The Labute approximate surface area is 89.8 Å². The lowest BCUT2D eigenvalue weighted by Crippen LogP contribution is -2.32. The first-order valence-electron chi connectivity index (χ1n) is 4.59. The van der Waals surface area contributed by atoms with Crippen LogP contribution in [0.15, 0.2) is 24.3 Å². The van der Waals surface area contributed by atoms with Crippen LogP contribution in [-0.4, -0.2) is 25.0 Å². The molecule has 0 spiro atoms. The number of hydrazine groups is 1. The molecule has 0 aliphatic heterocycles. The Hall–Kier alpha value is -0.610. The molecule has 1 aromatic rings. The maximum Gasteiger partial charge on any atom is 0.0451 e. The van der Waals surface area contributed by atoms with Gasteiger partial charge in [0.05, 0.1) is 0 Å². The van der Waals surface area contributed by atoms with Crippen LogP contribution in [0.5, 0.6) is 0 Å². The molecule has 0 aromatic heterocycles. The molecule has 4 heteroatoms. The van der Waals surface area contributed by atoms with Gasteiger partial charge in [0.25, 0.3) is 0 Å². The van der Waals surface area contributed by atoms with Gasteiger partial charge in [0, 0.05) is 24.7 Å². The molecule has 3 N–H and O–H groups in total. The molecule has 0 unspecified atom stereocenters. The maximum absolute atomic E-state index is 6.04. The second-order valence-electron chi connectivity index (χ2n) is 3.28. The molecular weight excluding hydrogens is 198 g/mol. The number of hydrogen-bond donors (Lipinski definition) is 2. The summed E-state index contributed by atoms with van der Waals surface area (Å²) in [6, 6.07) is 7.88. The molecule has 0 bridgehead atoms. The number of benzene rings is 1. The molecule has 0 radical (unpaired) electrons. The SMILES string of the molecule is CN(CCNN)Cc1ccccc1Cl. The summed E-state index contributed by atoms with van der Waals surface area (Å²) in [7, 11) is 2.04. The molecular formula is C10H16ClN3. The molecule has 14 heavy (non-hydrogen) atoms. The average Bonchev–Trinajstić information content (AvgIpc) is 2.18. The van der Waals surface area contributed by atoms with Gasteiger partial charge in [-0.3, -0.25) is 11.3 Å². The van der Waals surface area contributed by atoms with E-state index in [1.54, 1.807) is 0 Å². The van der Waals surface area contributed by atoms with Crippen LogP contribution in [0, 0.1) is 0 Å². The van der Waals surface area contributed by atoms with Gasteiger partial charge in [0.15, 0.2) is 0 Å². The monoisotopic (exact) mass is 213 g/mol. The van der Waals surface area contributed by atoms with Crippen LogP contribution in [0.1, 0.15) is 5.56 Å². The Morgan fingerprint density at radius 2 is 2.14 bits per heavy atom. The van der Waals surface area contributed by atoms with E-state index in [0.717, 1.165) is 30.2 Å². The summed E-state index contributed by atoms with van der Waals surface area (Å²) in [5.74, 6) is 5.20. The van der Waals surface area contributed by atoms with Crippen molar-refractivity contribution < 1.29 is 0 Å². The number of hydrogen-bond acceptors (Lipinski definition) is 3. The second-order valence-corrected chi connectivity index (χ2v) is 3.69. The highest BCUT2D eigenvalue weighted by Crippen LogP contribution is 2.15. The minimum Gasteiger partial charge on any atom is -0.301 e. The Balaban J connectivity index is 2.47. The van der Waals surface area contributed by atoms with Gasteiger partial charge < -0.3 is 4.90 Å². The van der Waals surface area contributed by atoms with Crippen molar-refractivity contribution in [3.05, 3.63) is 34.9 Å². The zero-order chi connectivity index (χ0) is 10.4. The van der Waals surface area contributed by atoms with E-state index in [1.165, 1.54) is 0 Å². The highest BCUT2D eigenvalue weighted by atomic mass is 35.5. The van der Waals surface area contributed by atoms with Crippen molar-refractivity contribution in [3.8, 4) is 0 Å². The fourth-order valence-electron chi connectivity index (χ4n) is 1.25. The number of nitrogens with zero attached hydrogens (tertiary/aromatic N) is 1. The minimum atomic E-state index is 0.779. The predicted molar refractivity (Wildman–Crippen MR) is 60.0 cm³/mol. The summed E-state index contributed by atoms with van der Waals surface area (Å²) < 4.78 is 0. The average molecular weight is 214 g/mol. The minimum absolute atomic E-state index is 0.779. The Kier molecular flexibility index (Phi) is 4.90. The Morgan fingerprint density at radius 1 is 1.43 bits per heavy atom. The number of nitrogens with two attached hydrogens (primary N) is 1. The van der Waals surface area contributed by atoms with Gasteiger partial charge in [0.2, 0.25) is 0 Å². The van der Waals surface area contributed by atoms with Gasteiger partial charge in [-0.05, 0) is 18.7 Å². The molecule has 0 saturated carbocycles. The third-order valence-electron chi connectivity index (χ3n) is 2.04. The number of rotatable bonds is 5. The summed E-state index contributed by atoms with van der Waals surface area (Å²) >= 11 is 6.04.